The maximum Gasteiger partial charge on any atom is 0.326 e. The Hall–Kier alpha value is -3.66. The predicted octanol–water partition coefficient (Wildman–Crippen LogP) is 3.01. The fourth-order valence-electron chi connectivity index (χ4n) is 3.40. The number of H-pyrrole nitrogens is 1. The van der Waals surface area contributed by atoms with E-state index in [1.54, 1.807) is 36.0 Å². The molecule has 0 bridgehead atoms. The molecule has 1 atom stereocenters. The molecule has 0 saturated heterocycles. The average molecular weight is 453 g/mol. The molecule has 0 unspecified atom stereocenters. The van der Waals surface area contributed by atoms with Crippen molar-refractivity contribution in [3.05, 3.63) is 66.1 Å². The number of carboxylic acids is 1. The van der Waals surface area contributed by atoms with Crippen molar-refractivity contribution in [3.63, 3.8) is 0 Å². The van der Waals surface area contributed by atoms with Gasteiger partial charge in [-0.25, -0.2) is 9.18 Å². The third-order valence-electron chi connectivity index (χ3n) is 5.01. The standard InChI is InChI=1S/C22H20FN5O3S/c1-28-20(15-7-2-4-8-16(15)23)26-27-22(28)32-12-19(29)25-18(21(30)31)10-13-11-24-17-9-5-3-6-14(13)17/h2-9,11,18,24H,10,12H2,1H3,(H,25,29)(H,30,31)/t18-/m0/s1. The normalized spacial score (nSPS) is 12.1. The molecule has 0 aliphatic rings. The van der Waals surface area contributed by atoms with E-state index < -0.39 is 23.7 Å². The van der Waals surface area contributed by atoms with Gasteiger partial charge in [0, 0.05) is 30.6 Å². The molecule has 4 rings (SSSR count). The molecule has 4 aromatic rings. The van der Waals surface area contributed by atoms with E-state index in [1.165, 1.54) is 6.07 Å². The Bertz CT molecular complexity index is 1290. The third kappa shape index (κ3) is 4.50. The highest BCUT2D eigenvalue weighted by molar-refractivity contribution is 7.99. The van der Waals surface area contributed by atoms with Gasteiger partial charge in [-0.15, -0.1) is 10.2 Å². The second-order valence-corrected chi connectivity index (χ2v) is 8.10. The number of para-hydroxylation sites is 1. The smallest absolute Gasteiger partial charge is 0.326 e. The van der Waals surface area contributed by atoms with Gasteiger partial charge in [0.2, 0.25) is 5.91 Å². The molecule has 164 valence electrons. The van der Waals surface area contributed by atoms with Crippen LogP contribution in [0.5, 0.6) is 0 Å². The summed E-state index contributed by atoms with van der Waals surface area (Å²) in [4.78, 5) is 27.3. The maximum absolute atomic E-state index is 14.0. The third-order valence-corrected chi connectivity index (χ3v) is 6.03. The molecule has 0 fully saturated rings. The molecule has 8 nitrogen and oxygen atoms in total. The van der Waals surface area contributed by atoms with Gasteiger partial charge >= 0.3 is 5.97 Å². The van der Waals surface area contributed by atoms with Crippen LogP contribution < -0.4 is 5.32 Å². The summed E-state index contributed by atoms with van der Waals surface area (Å²) in [6.45, 7) is 0. The fraction of sp³-hybridized carbons (Fsp3) is 0.182. The van der Waals surface area contributed by atoms with Crippen molar-refractivity contribution in [2.45, 2.75) is 17.6 Å². The summed E-state index contributed by atoms with van der Waals surface area (Å²) in [5.74, 6) is -1.69. The van der Waals surface area contributed by atoms with Gasteiger partial charge in [-0.1, -0.05) is 42.1 Å². The first-order valence-electron chi connectivity index (χ1n) is 9.78. The van der Waals surface area contributed by atoms with Gasteiger partial charge in [-0.2, -0.15) is 0 Å². The number of carboxylic acid groups (broad SMARTS) is 1. The quantitative estimate of drug-likeness (QED) is 0.354. The first-order chi connectivity index (χ1) is 15.4. The van der Waals surface area contributed by atoms with Crippen LogP contribution in [0.15, 0.2) is 59.9 Å². The van der Waals surface area contributed by atoms with E-state index >= 15 is 0 Å². The number of aromatic nitrogens is 4. The summed E-state index contributed by atoms with van der Waals surface area (Å²) in [5, 5.41) is 21.5. The van der Waals surface area contributed by atoms with Crippen LogP contribution in [0, 0.1) is 5.82 Å². The van der Waals surface area contributed by atoms with E-state index in [9.17, 15) is 19.1 Å². The molecule has 2 aromatic heterocycles. The van der Waals surface area contributed by atoms with E-state index in [0.29, 0.717) is 16.5 Å². The molecule has 2 heterocycles. The number of aliphatic carboxylic acids is 1. The molecule has 32 heavy (non-hydrogen) atoms. The molecule has 10 heteroatoms. The Kier molecular flexibility index (Phi) is 6.22. The minimum atomic E-state index is -1.12. The highest BCUT2D eigenvalue weighted by atomic mass is 32.2. The molecule has 3 N–H and O–H groups in total. The number of aromatic amines is 1. The Labute approximate surface area is 186 Å². The highest BCUT2D eigenvalue weighted by Crippen LogP contribution is 2.24. The predicted molar refractivity (Wildman–Crippen MR) is 119 cm³/mol. The van der Waals surface area contributed by atoms with Crippen molar-refractivity contribution in [1.82, 2.24) is 25.1 Å². The van der Waals surface area contributed by atoms with Crippen LogP contribution in [0.25, 0.3) is 22.3 Å². The molecule has 0 aliphatic carbocycles. The van der Waals surface area contributed by atoms with Gasteiger partial charge in [0.25, 0.3) is 0 Å². The number of hydrogen-bond donors (Lipinski definition) is 3. The molecular weight excluding hydrogens is 433 g/mol. The zero-order valence-electron chi connectivity index (χ0n) is 17.1. The lowest BCUT2D eigenvalue weighted by Crippen LogP contribution is -2.43. The summed E-state index contributed by atoms with van der Waals surface area (Å²) in [5.41, 5.74) is 2.02. The van der Waals surface area contributed by atoms with Gasteiger partial charge in [0.05, 0.1) is 11.3 Å². The van der Waals surface area contributed by atoms with Crippen LogP contribution in [-0.4, -0.2) is 48.5 Å². The number of hydrogen-bond acceptors (Lipinski definition) is 5. The fourth-order valence-corrected chi connectivity index (χ4v) is 4.13. The zero-order valence-corrected chi connectivity index (χ0v) is 17.9. The molecule has 0 aliphatic heterocycles. The van der Waals surface area contributed by atoms with Crippen LogP contribution in [0.1, 0.15) is 5.56 Å². The van der Waals surface area contributed by atoms with Crippen molar-refractivity contribution in [2.24, 2.45) is 7.05 Å². The Morgan fingerprint density at radius 2 is 1.94 bits per heavy atom. The van der Waals surface area contributed by atoms with Crippen molar-refractivity contribution >= 4 is 34.5 Å². The minimum Gasteiger partial charge on any atom is -0.480 e. The SMILES string of the molecule is Cn1c(SCC(=O)N[C@@H](Cc2c[nH]c3ccccc23)C(=O)O)nnc1-c1ccccc1F. The second kappa shape index (κ2) is 9.23. The Morgan fingerprint density at radius 3 is 2.72 bits per heavy atom. The van der Waals surface area contributed by atoms with E-state index in [-0.39, 0.29) is 12.2 Å². The van der Waals surface area contributed by atoms with E-state index in [1.807, 2.05) is 24.3 Å². The molecule has 1 amide bonds. The molecular formula is C22H20FN5O3S. The van der Waals surface area contributed by atoms with E-state index in [4.69, 9.17) is 0 Å². The van der Waals surface area contributed by atoms with Gasteiger partial charge in [0.15, 0.2) is 11.0 Å². The largest absolute Gasteiger partial charge is 0.480 e. The first kappa shape index (κ1) is 21.6. The average Bonchev–Trinajstić information content (AvgIpc) is 3.35. The monoisotopic (exact) mass is 453 g/mol. The summed E-state index contributed by atoms with van der Waals surface area (Å²) >= 11 is 1.10. The first-order valence-corrected chi connectivity index (χ1v) is 10.8. The van der Waals surface area contributed by atoms with Crippen LogP contribution in [0.4, 0.5) is 4.39 Å². The van der Waals surface area contributed by atoms with Crippen LogP contribution >= 0.6 is 11.8 Å². The lowest BCUT2D eigenvalue weighted by Gasteiger charge is -2.14. The number of thioether (sulfide) groups is 1. The Morgan fingerprint density at radius 1 is 1.19 bits per heavy atom. The number of rotatable bonds is 8. The lowest BCUT2D eigenvalue weighted by atomic mass is 10.1. The van der Waals surface area contributed by atoms with Gasteiger partial charge in [0.1, 0.15) is 11.9 Å². The number of amides is 1. The Balaban J connectivity index is 1.40. The minimum absolute atomic E-state index is 0.0547. The summed E-state index contributed by atoms with van der Waals surface area (Å²) in [7, 11) is 1.68. The van der Waals surface area contributed by atoms with Crippen molar-refractivity contribution in [2.75, 3.05) is 5.75 Å². The number of halogens is 1. The molecule has 0 radical (unpaired) electrons. The van der Waals surface area contributed by atoms with Crippen LogP contribution in [-0.2, 0) is 23.1 Å². The summed E-state index contributed by atoms with van der Waals surface area (Å²) < 4.78 is 15.6. The lowest BCUT2D eigenvalue weighted by molar-refractivity contribution is -0.141. The van der Waals surface area contributed by atoms with Crippen molar-refractivity contribution in [1.29, 1.82) is 0 Å². The second-order valence-electron chi connectivity index (χ2n) is 7.16. The molecule has 2 aromatic carbocycles. The number of carbonyl (C=O) groups is 2. The van der Waals surface area contributed by atoms with Crippen molar-refractivity contribution in [3.8, 4) is 11.4 Å². The summed E-state index contributed by atoms with van der Waals surface area (Å²) in [6.07, 6.45) is 1.91. The van der Waals surface area contributed by atoms with Gasteiger partial charge in [-0.3, -0.25) is 4.79 Å². The maximum atomic E-state index is 14.0. The summed E-state index contributed by atoms with van der Waals surface area (Å²) in [6, 6.07) is 12.7. The van der Waals surface area contributed by atoms with Gasteiger partial charge < -0.3 is 20.0 Å². The topological polar surface area (TPSA) is 113 Å². The molecule has 0 saturated carbocycles. The van der Waals surface area contributed by atoms with Crippen molar-refractivity contribution < 1.29 is 19.1 Å². The van der Waals surface area contributed by atoms with Crippen LogP contribution in [0.2, 0.25) is 0 Å². The molecule has 0 spiro atoms. The van der Waals surface area contributed by atoms with E-state index in [0.717, 1.165) is 28.2 Å². The van der Waals surface area contributed by atoms with E-state index in [2.05, 4.69) is 20.5 Å². The zero-order chi connectivity index (χ0) is 22.7. The number of benzene rings is 2. The number of nitrogens with one attached hydrogen (secondary N) is 2. The number of carbonyl (C=O) groups excluding carboxylic acids is 1. The highest BCUT2D eigenvalue weighted by Gasteiger charge is 2.23. The van der Waals surface area contributed by atoms with Crippen LogP contribution in [0.3, 0.4) is 0 Å². The van der Waals surface area contributed by atoms with Gasteiger partial charge in [-0.05, 0) is 23.8 Å². The number of nitrogens with zero attached hydrogens (tertiary/aromatic N) is 3. The number of fused-ring (bicyclic) bond motifs is 1.